The molecule has 2 heterocycles. The molecule has 1 amide bonds. The lowest BCUT2D eigenvalue weighted by Gasteiger charge is -2.05. The van der Waals surface area contributed by atoms with Crippen LogP contribution in [0.3, 0.4) is 0 Å². The minimum atomic E-state index is -0.118. The first-order valence-corrected chi connectivity index (χ1v) is 8.88. The van der Waals surface area contributed by atoms with Crippen LogP contribution in [-0.4, -0.2) is 24.7 Å². The summed E-state index contributed by atoms with van der Waals surface area (Å²) in [5.74, 6) is 1.44. The number of benzene rings is 2. The maximum absolute atomic E-state index is 12.5. The molecule has 0 aliphatic carbocycles. The van der Waals surface area contributed by atoms with Crippen molar-refractivity contribution in [2.75, 3.05) is 19.5 Å². The molecule has 2 aromatic carbocycles. The number of hydrogen-bond donors (Lipinski definition) is 1. The highest BCUT2D eigenvalue weighted by atomic mass is 16.5. The zero-order chi connectivity index (χ0) is 19.5. The summed E-state index contributed by atoms with van der Waals surface area (Å²) in [6.07, 6.45) is 9.54. The van der Waals surface area contributed by atoms with Gasteiger partial charge in [0, 0.05) is 23.6 Å². The first-order chi connectivity index (χ1) is 13.7. The number of anilines is 1. The number of ether oxygens (including phenoxy) is 2. The predicted molar refractivity (Wildman–Crippen MR) is 112 cm³/mol. The van der Waals surface area contributed by atoms with Gasteiger partial charge in [0.25, 0.3) is 5.91 Å². The number of fused-ring (bicyclic) bond motifs is 1. The van der Waals surface area contributed by atoms with Gasteiger partial charge >= 0.3 is 0 Å². The van der Waals surface area contributed by atoms with Crippen molar-refractivity contribution in [2.24, 2.45) is 0 Å². The average molecular weight is 372 g/mol. The minimum Gasteiger partial charge on any atom is -0.497 e. The highest BCUT2D eigenvalue weighted by Crippen LogP contribution is 2.36. The van der Waals surface area contributed by atoms with Crippen LogP contribution in [0.25, 0.3) is 23.9 Å². The van der Waals surface area contributed by atoms with Crippen LogP contribution in [0.4, 0.5) is 5.69 Å². The molecule has 5 nitrogen and oxygen atoms in total. The largest absolute Gasteiger partial charge is 0.497 e. The van der Waals surface area contributed by atoms with Crippen LogP contribution >= 0.6 is 0 Å². The van der Waals surface area contributed by atoms with E-state index >= 15 is 0 Å². The van der Waals surface area contributed by atoms with Crippen molar-refractivity contribution in [3.8, 4) is 11.5 Å². The van der Waals surface area contributed by atoms with Crippen LogP contribution in [0.2, 0.25) is 0 Å². The highest BCUT2D eigenvalue weighted by Gasteiger charge is 2.26. The molecule has 0 atom stereocenters. The summed E-state index contributed by atoms with van der Waals surface area (Å²) in [6, 6.07) is 15.5. The molecular weight excluding hydrogens is 352 g/mol. The third kappa shape index (κ3) is 3.42. The molecular formula is C23H20N2O3. The van der Waals surface area contributed by atoms with Crippen molar-refractivity contribution in [3.63, 3.8) is 0 Å². The number of carbonyl (C=O) groups excluding carboxylic acids is 1. The van der Waals surface area contributed by atoms with E-state index in [1.807, 2.05) is 83.8 Å². The Labute approximate surface area is 163 Å². The molecule has 1 aliphatic rings. The van der Waals surface area contributed by atoms with Gasteiger partial charge in [-0.25, -0.2) is 0 Å². The second kappa shape index (κ2) is 7.48. The van der Waals surface area contributed by atoms with Gasteiger partial charge in [-0.2, -0.15) is 0 Å². The molecule has 0 saturated carbocycles. The van der Waals surface area contributed by atoms with Crippen molar-refractivity contribution >= 4 is 35.5 Å². The van der Waals surface area contributed by atoms with Gasteiger partial charge in [0.2, 0.25) is 0 Å². The molecule has 4 rings (SSSR count). The van der Waals surface area contributed by atoms with E-state index in [9.17, 15) is 4.79 Å². The normalized spacial score (nSPS) is 14.4. The van der Waals surface area contributed by atoms with Crippen molar-refractivity contribution in [2.45, 2.75) is 0 Å². The molecule has 0 bridgehead atoms. The molecule has 1 aromatic heterocycles. The van der Waals surface area contributed by atoms with E-state index in [1.165, 1.54) is 0 Å². The Balaban J connectivity index is 1.70. The van der Waals surface area contributed by atoms with E-state index in [4.69, 9.17) is 9.47 Å². The predicted octanol–water partition coefficient (Wildman–Crippen LogP) is 4.63. The molecule has 1 aliphatic heterocycles. The van der Waals surface area contributed by atoms with Gasteiger partial charge in [0.15, 0.2) is 0 Å². The van der Waals surface area contributed by atoms with Gasteiger partial charge in [-0.3, -0.25) is 4.79 Å². The molecule has 28 heavy (non-hydrogen) atoms. The van der Waals surface area contributed by atoms with Crippen molar-refractivity contribution in [3.05, 3.63) is 77.6 Å². The van der Waals surface area contributed by atoms with E-state index in [2.05, 4.69) is 5.32 Å². The minimum absolute atomic E-state index is 0.118. The van der Waals surface area contributed by atoms with Crippen LogP contribution in [-0.2, 0) is 4.79 Å². The summed E-state index contributed by atoms with van der Waals surface area (Å²) in [5, 5.41) is 2.94. The van der Waals surface area contributed by atoms with Crippen LogP contribution in [0.5, 0.6) is 11.5 Å². The second-order valence-electron chi connectivity index (χ2n) is 6.37. The number of aromatic nitrogens is 1. The Morgan fingerprint density at radius 1 is 0.929 bits per heavy atom. The number of methoxy groups -OCH3 is 2. The monoisotopic (exact) mass is 372 g/mol. The second-order valence-corrected chi connectivity index (χ2v) is 6.37. The summed E-state index contributed by atoms with van der Waals surface area (Å²) in [6.45, 7) is 0. The summed E-state index contributed by atoms with van der Waals surface area (Å²) < 4.78 is 12.2. The van der Waals surface area contributed by atoms with Gasteiger partial charge in [0.1, 0.15) is 11.5 Å². The zero-order valence-corrected chi connectivity index (χ0v) is 15.7. The fourth-order valence-corrected chi connectivity index (χ4v) is 3.18. The van der Waals surface area contributed by atoms with Crippen molar-refractivity contribution in [1.82, 2.24) is 4.57 Å². The van der Waals surface area contributed by atoms with Gasteiger partial charge in [-0.05, 0) is 35.4 Å². The van der Waals surface area contributed by atoms with Gasteiger partial charge in [-0.1, -0.05) is 36.4 Å². The Morgan fingerprint density at radius 3 is 2.43 bits per heavy atom. The topological polar surface area (TPSA) is 52.5 Å². The summed E-state index contributed by atoms with van der Waals surface area (Å²) in [5.41, 5.74) is 4.34. The SMILES string of the molecule is COc1ccc(C=Cc2cccc3c2C(=Cn2ccc(OC)c2)C(=O)N3)cc1. The number of hydrogen-bond acceptors (Lipinski definition) is 3. The Morgan fingerprint density at radius 2 is 1.71 bits per heavy atom. The van der Waals surface area contributed by atoms with Crippen LogP contribution in [0.1, 0.15) is 16.7 Å². The van der Waals surface area contributed by atoms with Crippen molar-refractivity contribution < 1.29 is 14.3 Å². The first kappa shape index (κ1) is 17.7. The molecule has 5 heteroatoms. The molecule has 3 aromatic rings. The number of carbonyl (C=O) groups is 1. The smallest absolute Gasteiger partial charge is 0.257 e. The third-order valence-electron chi connectivity index (χ3n) is 4.63. The lowest BCUT2D eigenvalue weighted by Crippen LogP contribution is -2.04. The maximum Gasteiger partial charge on any atom is 0.257 e. The molecule has 0 fully saturated rings. The first-order valence-electron chi connectivity index (χ1n) is 8.88. The molecule has 0 spiro atoms. The Hall–Kier alpha value is -3.73. The molecule has 0 unspecified atom stereocenters. The molecule has 0 saturated heterocycles. The lowest BCUT2D eigenvalue weighted by molar-refractivity contribution is -0.110. The Kier molecular flexibility index (Phi) is 4.72. The van der Waals surface area contributed by atoms with Crippen molar-refractivity contribution in [1.29, 1.82) is 0 Å². The van der Waals surface area contributed by atoms with Crippen LogP contribution < -0.4 is 14.8 Å². The summed E-state index contributed by atoms with van der Waals surface area (Å²) in [7, 11) is 3.27. The van der Waals surface area contributed by atoms with Crippen LogP contribution in [0, 0.1) is 0 Å². The number of amides is 1. The Bertz CT molecular complexity index is 1080. The number of nitrogens with zero attached hydrogens (tertiary/aromatic N) is 1. The summed E-state index contributed by atoms with van der Waals surface area (Å²) in [4.78, 5) is 12.5. The molecule has 140 valence electrons. The fraction of sp³-hybridized carbons (Fsp3) is 0.0870. The molecule has 1 N–H and O–H groups in total. The lowest BCUT2D eigenvalue weighted by atomic mass is 10.00. The average Bonchev–Trinajstić information content (AvgIpc) is 3.31. The quantitative estimate of drug-likeness (QED) is 0.525. The standard InChI is InChI=1S/C23H20N2O3/c1-27-18-10-7-16(8-11-18)6-9-17-4-3-5-21-22(17)20(23(26)24-21)15-25-13-12-19(14-25)28-2/h3-15H,1-2H3,(H,24,26). The van der Waals surface area contributed by atoms with Crippen LogP contribution in [0.15, 0.2) is 60.9 Å². The zero-order valence-electron chi connectivity index (χ0n) is 15.7. The number of nitrogens with one attached hydrogen (secondary N) is 1. The van der Waals surface area contributed by atoms with E-state index in [0.29, 0.717) is 5.57 Å². The van der Waals surface area contributed by atoms with E-state index in [1.54, 1.807) is 14.2 Å². The summed E-state index contributed by atoms with van der Waals surface area (Å²) >= 11 is 0. The van der Waals surface area contributed by atoms with E-state index in [0.717, 1.165) is 33.9 Å². The van der Waals surface area contributed by atoms with Gasteiger partial charge < -0.3 is 19.4 Å². The van der Waals surface area contributed by atoms with E-state index in [-0.39, 0.29) is 5.91 Å². The molecule has 0 radical (unpaired) electrons. The maximum atomic E-state index is 12.5. The number of rotatable bonds is 5. The third-order valence-corrected chi connectivity index (χ3v) is 4.63. The fourth-order valence-electron chi connectivity index (χ4n) is 3.18. The van der Waals surface area contributed by atoms with Gasteiger partial charge in [-0.15, -0.1) is 0 Å². The highest BCUT2D eigenvalue weighted by molar-refractivity contribution is 6.34. The van der Waals surface area contributed by atoms with E-state index < -0.39 is 0 Å². The van der Waals surface area contributed by atoms with Gasteiger partial charge in [0.05, 0.1) is 26.0 Å².